The Bertz CT molecular complexity index is 1040. The van der Waals surface area contributed by atoms with Crippen molar-refractivity contribution in [3.63, 3.8) is 0 Å². The number of H-pyrrole nitrogens is 1. The lowest BCUT2D eigenvalue weighted by Gasteiger charge is -2.22. The first-order chi connectivity index (χ1) is 12.9. The first-order valence-corrected chi connectivity index (χ1v) is 9.93. The number of hydrogen-bond donors (Lipinski definition) is 1. The van der Waals surface area contributed by atoms with Crippen molar-refractivity contribution in [2.24, 2.45) is 0 Å². The molecule has 0 saturated heterocycles. The number of hydrogen-bond acceptors (Lipinski definition) is 3. The largest absolute Gasteiger partial charge is 0.343 e. The zero-order valence-electron chi connectivity index (χ0n) is 15.1. The molecule has 3 rings (SSSR count). The van der Waals surface area contributed by atoms with Crippen LogP contribution in [0.25, 0.3) is 10.9 Å². The topological polar surface area (TPSA) is 71.0 Å². The number of nitrogens with zero attached hydrogens (tertiary/aromatic N) is 3. The highest BCUT2D eigenvalue weighted by Gasteiger charge is 2.20. The minimum Gasteiger partial charge on any atom is -0.343 e. The highest BCUT2D eigenvalue weighted by atomic mass is 79.9. The van der Waals surface area contributed by atoms with Crippen LogP contribution in [0, 0.1) is 0 Å². The molecule has 1 aromatic carbocycles. The van der Waals surface area contributed by atoms with Gasteiger partial charge in [-0.2, -0.15) is 0 Å². The minimum absolute atomic E-state index is 0.0989. The average Bonchev–Trinajstić information content (AvgIpc) is 3.01. The number of aryl methyl sites for hydroxylation is 1. The Morgan fingerprint density at radius 1 is 1.33 bits per heavy atom. The van der Waals surface area contributed by atoms with Crippen LogP contribution in [0.2, 0.25) is 5.02 Å². The van der Waals surface area contributed by atoms with Gasteiger partial charge in [0.05, 0.1) is 17.4 Å². The molecule has 6 nitrogen and oxygen atoms in total. The van der Waals surface area contributed by atoms with Crippen LogP contribution in [-0.2, 0) is 13.1 Å². The number of aromatic amines is 1. The number of carbonyl (C=O) groups is 1. The molecule has 8 heteroatoms. The van der Waals surface area contributed by atoms with E-state index in [9.17, 15) is 9.59 Å². The summed E-state index contributed by atoms with van der Waals surface area (Å²) < 4.78 is 2.75. The Labute approximate surface area is 170 Å². The molecular weight excluding hydrogens is 432 g/mol. The smallest absolute Gasteiger partial charge is 0.270 e. The van der Waals surface area contributed by atoms with Crippen LogP contribution >= 0.6 is 27.5 Å². The summed E-state index contributed by atoms with van der Waals surface area (Å²) in [6.45, 7) is 5.46. The van der Waals surface area contributed by atoms with Crippen molar-refractivity contribution in [3.05, 3.63) is 61.8 Å². The molecule has 0 radical (unpaired) electrons. The van der Waals surface area contributed by atoms with E-state index >= 15 is 0 Å². The Kier molecular flexibility index (Phi) is 6.01. The molecule has 0 unspecified atom stereocenters. The molecule has 0 aliphatic rings. The van der Waals surface area contributed by atoms with Gasteiger partial charge in [0.2, 0.25) is 0 Å². The summed E-state index contributed by atoms with van der Waals surface area (Å²) in [5.74, 6) is 0.337. The summed E-state index contributed by atoms with van der Waals surface area (Å²) in [4.78, 5) is 34.4. The number of halogens is 2. The van der Waals surface area contributed by atoms with Crippen LogP contribution in [0.4, 0.5) is 0 Å². The summed E-state index contributed by atoms with van der Waals surface area (Å²) in [5, 5.41) is 0.985. The van der Waals surface area contributed by atoms with Gasteiger partial charge in [-0.15, -0.1) is 0 Å². The van der Waals surface area contributed by atoms with Crippen LogP contribution in [0.1, 0.15) is 36.6 Å². The molecule has 142 valence electrons. The Morgan fingerprint density at radius 3 is 2.81 bits per heavy atom. The summed E-state index contributed by atoms with van der Waals surface area (Å²) in [6.07, 6.45) is 2.68. The quantitative estimate of drug-likeness (QED) is 0.610. The number of rotatable bonds is 6. The van der Waals surface area contributed by atoms with Crippen molar-refractivity contribution in [2.45, 2.75) is 33.4 Å². The Hall–Kier alpha value is -2.12. The maximum Gasteiger partial charge on any atom is 0.270 e. The Balaban J connectivity index is 1.95. The number of carbonyl (C=O) groups excluding carboxylic acids is 1. The van der Waals surface area contributed by atoms with Crippen molar-refractivity contribution in [3.8, 4) is 0 Å². The Morgan fingerprint density at radius 2 is 2.11 bits per heavy atom. The lowest BCUT2D eigenvalue weighted by Crippen LogP contribution is -2.34. The molecular formula is C19H20BrClN4O2. The van der Waals surface area contributed by atoms with E-state index in [-0.39, 0.29) is 18.0 Å². The predicted octanol–water partition coefficient (Wildman–Crippen LogP) is 4.21. The molecule has 2 aromatic heterocycles. The lowest BCUT2D eigenvalue weighted by atomic mass is 10.2. The van der Waals surface area contributed by atoms with Gasteiger partial charge in [0.25, 0.3) is 11.5 Å². The van der Waals surface area contributed by atoms with E-state index < -0.39 is 0 Å². The second-order valence-electron chi connectivity index (χ2n) is 6.23. The maximum absolute atomic E-state index is 13.1. The number of fused-ring (bicyclic) bond motifs is 1. The first kappa shape index (κ1) is 19.6. The molecule has 2 heterocycles. The van der Waals surface area contributed by atoms with Gasteiger partial charge in [-0.05, 0) is 53.5 Å². The summed E-state index contributed by atoms with van der Waals surface area (Å²) in [6, 6.07) is 6.77. The number of amides is 1. The van der Waals surface area contributed by atoms with E-state index in [1.165, 1.54) is 0 Å². The van der Waals surface area contributed by atoms with Crippen LogP contribution in [0.5, 0.6) is 0 Å². The maximum atomic E-state index is 13.1. The fraction of sp³-hybridized carbons (Fsp3) is 0.316. The lowest BCUT2D eigenvalue weighted by molar-refractivity contribution is 0.0728. The molecule has 0 atom stereocenters. The first-order valence-electron chi connectivity index (χ1n) is 8.76. The zero-order valence-corrected chi connectivity index (χ0v) is 17.5. The van der Waals surface area contributed by atoms with Crippen molar-refractivity contribution >= 4 is 44.3 Å². The molecule has 0 bridgehead atoms. The van der Waals surface area contributed by atoms with E-state index in [4.69, 9.17) is 11.6 Å². The highest BCUT2D eigenvalue weighted by Crippen LogP contribution is 2.19. The van der Waals surface area contributed by atoms with Gasteiger partial charge in [0.15, 0.2) is 0 Å². The molecule has 0 fully saturated rings. The number of aromatic nitrogens is 3. The van der Waals surface area contributed by atoms with Gasteiger partial charge in [-0.1, -0.05) is 18.5 Å². The minimum atomic E-state index is -0.241. The molecule has 27 heavy (non-hydrogen) atoms. The van der Waals surface area contributed by atoms with E-state index in [1.54, 1.807) is 23.1 Å². The molecule has 1 amide bonds. The van der Waals surface area contributed by atoms with Gasteiger partial charge < -0.3 is 14.5 Å². The second kappa shape index (κ2) is 8.27. The van der Waals surface area contributed by atoms with Gasteiger partial charge in [-0.3, -0.25) is 9.59 Å². The molecule has 0 spiro atoms. The zero-order chi connectivity index (χ0) is 19.6. The van der Waals surface area contributed by atoms with Gasteiger partial charge >= 0.3 is 0 Å². The summed E-state index contributed by atoms with van der Waals surface area (Å²) in [5.41, 5.74) is 0.879. The summed E-state index contributed by atoms with van der Waals surface area (Å²) in [7, 11) is 0. The third kappa shape index (κ3) is 4.25. The normalized spacial score (nSPS) is 11.1. The summed E-state index contributed by atoms with van der Waals surface area (Å²) >= 11 is 9.45. The SMILES string of the molecule is CCCN(Cc1nc2cc(Cl)ccc2c(=O)[nH]1)C(=O)c1cc(Br)cn1CC. The van der Waals surface area contributed by atoms with Crippen LogP contribution in [0.15, 0.2) is 39.7 Å². The highest BCUT2D eigenvalue weighted by molar-refractivity contribution is 9.10. The van der Waals surface area contributed by atoms with Crippen molar-refractivity contribution < 1.29 is 4.79 Å². The third-order valence-electron chi connectivity index (χ3n) is 4.26. The van der Waals surface area contributed by atoms with Gasteiger partial charge in [-0.25, -0.2) is 4.98 Å². The average molecular weight is 452 g/mol. The van der Waals surface area contributed by atoms with Gasteiger partial charge in [0.1, 0.15) is 11.5 Å². The monoisotopic (exact) mass is 450 g/mol. The van der Waals surface area contributed by atoms with Crippen molar-refractivity contribution in [1.29, 1.82) is 0 Å². The number of nitrogens with one attached hydrogen (secondary N) is 1. The van der Waals surface area contributed by atoms with Crippen LogP contribution in [-0.4, -0.2) is 31.9 Å². The number of benzene rings is 1. The van der Waals surface area contributed by atoms with Crippen molar-refractivity contribution in [2.75, 3.05) is 6.54 Å². The van der Waals surface area contributed by atoms with E-state index in [0.717, 1.165) is 10.9 Å². The van der Waals surface area contributed by atoms with E-state index in [1.807, 2.05) is 30.7 Å². The fourth-order valence-electron chi connectivity index (χ4n) is 3.02. The van der Waals surface area contributed by atoms with E-state index in [2.05, 4.69) is 25.9 Å². The third-order valence-corrected chi connectivity index (χ3v) is 4.93. The molecule has 0 aliphatic carbocycles. The fourth-order valence-corrected chi connectivity index (χ4v) is 3.65. The molecule has 1 N–H and O–H groups in total. The van der Waals surface area contributed by atoms with E-state index in [0.29, 0.717) is 40.5 Å². The predicted molar refractivity (Wildman–Crippen MR) is 110 cm³/mol. The second-order valence-corrected chi connectivity index (χ2v) is 7.58. The standard InChI is InChI=1S/C19H20BrClN4O2/c1-3-7-25(19(27)16-8-12(20)10-24(16)4-2)11-17-22-15-9-13(21)5-6-14(15)18(26)23-17/h5-6,8-10H,3-4,7,11H2,1-2H3,(H,22,23,26). The van der Waals surface area contributed by atoms with Gasteiger partial charge in [0, 0.05) is 28.8 Å². The van der Waals surface area contributed by atoms with Crippen molar-refractivity contribution in [1.82, 2.24) is 19.4 Å². The van der Waals surface area contributed by atoms with Crippen LogP contribution < -0.4 is 5.56 Å². The molecule has 3 aromatic rings. The van der Waals surface area contributed by atoms with Crippen LogP contribution in [0.3, 0.4) is 0 Å². The molecule has 0 saturated carbocycles. The molecule has 0 aliphatic heterocycles.